The first-order valence-electron chi connectivity index (χ1n) is 11.1. The molecule has 1 atom stereocenters. The lowest BCUT2D eigenvalue weighted by molar-refractivity contribution is 0.0983. The van der Waals surface area contributed by atoms with Gasteiger partial charge in [0.25, 0.3) is 0 Å². The Bertz CT molecular complexity index is 1160. The Morgan fingerprint density at radius 3 is 2.75 bits per heavy atom. The molecule has 32 heavy (non-hydrogen) atoms. The van der Waals surface area contributed by atoms with Crippen molar-refractivity contribution in [1.82, 2.24) is 19.9 Å². The van der Waals surface area contributed by atoms with Gasteiger partial charge in [0.1, 0.15) is 11.6 Å². The molecule has 166 valence electrons. The maximum Gasteiger partial charge on any atom is 0.249 e. The van der Waals surface area contributed by atoms with Gasteiger partial charge in [-0.15, -0.1) is 0 Å². The molecule has 0 radical (unpaired) electrons. The first-order valence-corrected chi connectivity index (χ1v) is 11.1. The summed E-state index contributed by atoms with van der Waals surface area (Å²) in [6, 6.07) is 13.3. The second kappa shape index (κ2) is 8.72. The topological polar surface area (TPSA) is 86.4 Å². The Morgan fingerprint density at radius 2 is 1.97 bits per heavy atom. The van der Waals surface area contributed by atoms with Crippen LogP contribution in [0.25, 0.3) is 11.4 Å². The van der Waals surface area contributed by atoms with Gasteiger partial charge in [0.2, 0.25) is 5.56 Å². The maximum absolute atomic E-state index is 11.5. The predicted octanol–water partition coefficient (Wildman–Crippen LogP) is 2.79. The van der Waals surface area contributed by atoms with E-state index in [0.717, 1.165) is 67.9 Å². The van der Waals surface area contributed by atoms with E-state index < -0.39 is 0 Å². The van der Waals surface area contributed by atoms with Crippen LogP contribution in [0.1, 0.15) is 18.2 Å². The highest BCUT2D eigenvalue weighted by Crippen LogP contribution is 2.31. The maximum atomic E-state index is 11.5. The number of morpholine rings is 1. The third-order valence-electron chi connectivity index (χ3n) is 6.06. The Kier molecular flexibility index (Phi) is 5.63. The fraction of sp³-hybridized carbons (Fsp3) is 0.375. The summed E-state index contributed by atoms with van der Waals surface area (Å²) < 4.78 is 5.66. The number of nitrogens with one attached hydrogen (secondary N) is 2. The molecule has 2 N–H and O–H groups in total. The van der Waals surface area contributed by atoms with Crippen LogP contribution in [0.3, 0.4) is 0 Å². The van der Waals surface area contributed by atoms with Gasteiger partial charge in [-0.2, -0.15) is 0 Å². The van der Waals surface area contributed by atoms with Gasteiger partial charge in [-0.25, -0.2) is 9.97 Å². The van der Waals surface area contributed by atoms with E-state index in [1.54, 1.807) is 6.07 Å². The Hall–Kier alpha value is -3.23. The minimum atomic E-state index is -0.135. The van der Waals surface area contributed by atoms with E-state index in [1.165, 1.54) is 11.6 Å². The van der Waals surface area contributed by atoms with E-state index in [1.807, 2.05) is 30.3 Å². The van der Waals surface area contributed by atoms with Crippen LogP contribution in [0.4, 0.5) is 17.3 Å². The van der Waals surface area contributed by atoms with Crippen LogP contribution in [0.15, 0.2) is 47.3 Å². The van der Waals surface area contributed by atoms with Gasteiger partial charge >= 0.3 is 0 Å². The van der Waals surface area contributed by atoms with Crippen LogP contribution in [0.2, 0.25) is 0 Å². The third-order valence-corrected chi connectivity index (χ3v) is 6.06. The zero-order valence-corrected chi connectivity index (χ0v) is 18.5. The predicted molar refractivity (Wildman–Crippen MR) is 125 cm³/mol. The molecule has 0 saturated carbocycles. The molecule has 0 spiro atoms. The standard InChI is InChI=1S/C24H28N6O2/c1-16-15-32-13-12-30(16)24-19-10-11-29(2)14-20(19)26-23(28-24)17-6-8-18(9-7-17)25-21-4-3-5-22(31)27-21/h3-9,16H,10-15H2,1-2H3,(H2,25,27,31). The van der Waals surface area contributed by atoms with E-state index in [0.29, 0.717) is 5.82 Å². The smallest absolute Gasteiger partial charge is 0.249 e. The summed E-state index contributed by atoms with van der Waals surface area (Å²) in [4.78, 5) is 29.0. The molecule has 8 nitrogen and oxygen atoms in total. The number of hydrogen-bond acceptors (Lipinski definition) is 7. The molecule has 8 heteroatoms. The Balaban J connectivity index is 1.48. The number of benzene rings is 1. The van der Waals surface area contributed by atoms with Crippen LogP contribution < -0.4 is 15.8 Å². The third kappa shape index (κ3) is 4.24. The molecular formula is C24H28N6O2. The van der Waals surface area contributed by atoms with Gasteiger partial charge < -0.3 is 24.8 Å². The highest BCUT2D eigenvalue weighted by atomic mass is 16.5. The van der Waals surface area contributed by atoms with Gasteiger partial charge in [-0.3, -0.25) is 4.79 Å². The second-order valence-corrected chi connectivity index (χ2v) is 8.53. The number of aromatic nitrogens is 3. The van der Waals surface area contributed by atoms with Crippen molar-refractivity contribution in [1.29, 1.82) is 0 Å². The van der Waals surface area contributed by atoms with Crippen LogP contribution in [0, 0.1) is 0 Å². The van der Waals surface area contributed by atoms with Crippen molar-refractivity contribution in [2.75, 3.05) is 43.6 Å². The highest BCUT2D eigenvalue weighted by molar-refractivity contribution is 5.65. The van der Waals surface area contributed by atoms with Crippen LogP contribution >= 0.6 is 0 Å². The summed E-state index contributed by atoms with van der Waals surface area (Å²) in [6.45, 7) is 6.33. The van der Waals surface area contributed by atoms with E-state index in [9.17, 15) is 4.79 Å². The first-order chi connectivity index (χ1) is 15.6. The van der Waals surface area contributed by atoms with Crippen LogP contribution in [-0.2, 0) is 17.7 Å². The SMILES string of the molecule is CC1COCCN1c1nc(-c2ccc(Nc3cccc(=O)[nH]3)cc2)nc2c1CCN(C)C2. The zero-order chi connectivity index (χ0) is 22.1. The lowest BCUT2D eigenvalue weighted by Crippen LogP contribution is -2.45. The monoisotopic (exact) mass is 432 g/mol. The molecule has 5 rings (SSSR count). The molecule has 2 aliphatic heterocycles. The summed E-state index contributed by atoms with van der Waals surface area (Å²) in [7, 11) is 2.14. The first kappa shape index (κ1) is 20.7. The summed E-state index contributed by atoms with van der Waals surface area (Å²) in [5.74, 6) is 2.45. The molecule has 0 aliphatic carbocycles. The summed E-state index contributed by atoms with van der Waals surface area (Å²) >= 11 is 0. The van der Waals surface area contributed by atoms with Crippen molar-refractivity contribution in [3.05, 3.63) is 64.1 Å². The number of H-pyrrole nitrogens is 1. The number of likely N-dealkylation sites (N-methyl/N-ethyl adjacent to an activating group) is 1. The summed E-state index contributed by atoms with van der Waals surface area (Å²) in [6.07, 6.45) is 0.962. The second-order valence-electron chi connectivity index (χ2n) is 8.53. The molecular weight excluding hydrogens is 404 g/mol. The summed E-state index contributed by atoms with van der Waals surface area (Å²) in [5.41, 5.74) is 4.10. The molecule has 3 aromatic rings. The average Bonchev–Trinajstić information content (AvgIpc) is 2.79. The largest absolute Gasteiger partial charge is 0.377 e. The minimum Gasteiger partial charge on any atom is -0.377 e. The fourth-order valence-electron chi connectivity index (χ4n) is 4.33. The zero-order valence-electron chi connectivity index (χ0n) is 18.5. The van der Waals surface area contributed by atoms with E-state index in [2.05, 4.69) is 34.1 Å². The molecule has 2 aromatic heterocycles. The highest BCUT2D eigenvalue weighted by Gasteiger charge is 2.28. The van der Waals surface area contributed by atoms with Crippen molar-refractivity contribution >= 4 is 17.3 Å². The van der Waals surface area contributed by atoms with Crippen molar-refractivity contribution in [3.63, 3.8) is 0 Å². The quantitative estimate of drug-likeness (QED) is 0.656. The molecule has 1 unspecified atom stereocenters. The lowest BCUT2D eigenvalue weighted by atomic mass is 10.0. The molecule has 1 fully saturated rings. The Labute approximate surface area is 187 Å². The van der Waals surface area contributed by atoms with Gasteiger partial charge in [0.05, 0.1) is 24.9 Å². The fourth-order valence-corrected chi connectivity index (χ4v) is 4.33. The molecule has 1 saturated heterocycles. The van der Waals surface area contributed by atoms with Gasteiger partial charge in [-0.1, -0.05) is 6.07 Å². The molecule has 1 aromatic carbocycles. The molecule has 0 bridgehead atoms. The molecule has 0 amide bonds. The number of hydrogen-bond donors (Lipinski definition) is 2. The van der Waals surface area contributed by atoms with E-state index in [4.69, 9.17) is 14.7 Å². The lowest BCUT2D eigenvalue weighted by Gasteiger charge is -2.37. The summed E-state index contributed by atoms with van der Waals surface area (Å²) in [5, 5.41) is 3.22. The number of ether oxygens (including phenoxy) is 1. The molecule has 2 aliphatic rings. The van der Waals surface area contributed by atoms with E-state index in [-0.39, 0.29) is 11.6 Å². The number of anilines is 3. The number of pyridine rings is 1. The number of fused-ring (bicyclic) bond motifs is 1. The van der Waals surface area contributed by atoms with Crippen molar-refractivity contribution in [2.45, 2.75) is 25.9 Å². The van der Waals surface area contributed by atoms with Crippen molar-refractivity contribution < 1.29 is 4.74 Å². The van der Waals surface area contributed by atoms with Crippen LogP contribution in [-0.4, -0.2) is 59.2 Å². The normalized spacial score (nSPS) is 18.9. The van der Waals surface area contributed by atoms with Gasteiger partial charge in [0.15, 0.2) is 5.82 Å². The van der Waals surface area contributed by atoms with Crippen molar-refractivity contribution in [3.8, 4) is 11.4 Å². The minimum absolute atomic E-state index is 0.135. The molecule has 4 heterocycles. The van der Waals surface area contributed by atoms with Gasteiger partial charge in [-0.05, 0) is 50.7 Å². The number of nitrogens with zero attached hydrogens (tertiary/aromatic N) is 4. The average molecular weight is 433 g/mol. The Morgan fingerprint density at radius 1 is 1.12 bits per heavy atom. The van der Waals surface area contributed by atoms with Crippen molar-refractivity contribution in [2.24, 2.45) is 0 Å². The van der Waals surface area contributed by atoms with E-state index >= 15 is 0 Å². The number of rotatable bonds is 4. The van der Waals surface area contributed by atoms with Crippen LogP contribution in [0.5, 0.6) is 0 Å². The van der Waals surface area contributed by atoms with Gasteiger partial charge in [0, 0.05) is 42.5 Å². The number of aromatic amines is 1.